The normalized spacial score (nSPS) is 11.4. The van der Waals surface area contributed by atoms with E-state index in [1.54, 1.807) is 0 Å². The van der Waals surface area contributed by atoms with E-state index in [0.29, 0.717) is 6.54 Å². The molecule has 0 spiro atoms. The topological polar surface area (TPSA) is 47.6 Å². The molecule has 0 heterocycles. The highest BCUT2D eigenvalue weighted by Crippen LogP contribution is 2.04. The molecule has 0 aliphatic rings. The maximum atomic E-state index is 10.2. The molecule has 0 atom stereocenters. The van der Waals surface area contributed by atoms with E-state index in [1.165, 1.54) is 0 Å². The lowest BCUT2D eigenvalue weighted by Crippen LogP contribution is -2.22. The lowest BCUT2D eigenvalue weighted by Gasteiger charge is -2.18. The molecule has 96 valence electrons. The zero-order valence-electron chi connectivity index (χ0n) is 10.4. The van der Waals surface area contributed by atoms with Gasteiger partial charge in [0, 0.05) is 26.2 Å². The number of hydrogen-bond acceptors (Lipinski definition) is 3. The van der Waals surface area contributed by atoms with Crippen molar-refractivity contribution in [1.29, 1.82) is 0 Å². The fourth-order valence-electron chi connectivity index (χ4n) is 1.16. The van der Waals surface area contributed by atoms with E-state index in [2.05, 4.69) is 18.9 Å². The van der Waals surface area contributed by atoms with E-state index in [1.807, 2.05) is 0 Å². The quantitative estimate of drug-likeness (QED) is 0.328. The molecular formula is C11H24NO3P. The van der Waals surface area contributed by atoms with Gasteiger partial charge in [0.15, 0.2) is 6.29 Å². The van der Waals surface area contributed by atoms with Gasteiger partial charge in [-0.3, -0.25) is 4.57 Å². The molecule has 0 fully saturated rings. The summed E-state index contributed by atoms with van der Waals surface area (Å²) < 4.78 is 21.4. The number of nitrogens with one attached hydrogen (secondary N) is 1. The van der Waals surface area contributed by atoms with Gasteiger partial charge in [-0.2, -0.15) is 0 Å². The fourth-order valence-corrected chi connectivity index (χ4v) is 1.38. The molecular weight excluding hydrogens is 225 g/mol. The lowest BCUT2D eigenvalue weighted by atomic mass is 10.3. The minimum Gasteiger partial charge on any atom is -0.353 e. The van der Waals surface area contributed by atoms with Crippen LogP contribution >= 0.6 is 8.61 Å². The summed E-state index contributed by atoms with van der Waals surface area (Å²) in [5.41, 5.74) is 0. The molecule has 0 radical (unpaired) electrons. The van der Waals surface area contributed by atoms with E-state index < -0.39 is 0 Å². The van der Waals surface area contributed by atoms with Gasteiger partial charge >= 0.3 is 0 Å². The molecule has 0 aliphatic heterocycles. The molecule has 0 aromatic heterocycles. The molecule has 0 rings (SSSR count). The molecule has 0 aromatic carbocycles. The van der Waals surface area contributed by atoms with Crippen LogP contribution in [0.15, 0.2) is 0 Å². The molecule has 0 saturated heterocycles. The van der Waals surface area contributed by atoms with Gasteiger partial charge in [0.2, 0.25) is 8.61 Å². The van der Waals surface area contributed by atoms with Crippen molar-refractivity contribution in [2.24, 2.45) is 0 Å². The summed E-state index contributed by atoms with van der Waals surface area (Å²) in [7, 11) is -0.0299. The second-order valence-corrected chi connectivity index (χ2v) is 4.17. The van der Waals surface area contributed by atoms with Crippen LogP contribution in [0.3, 0.4) is 0 Å². The van der Waals surface area contributed by atoms with Crippen molar-refractivity contribution in [1.82, 2.24) is 5.09 Å². The molecule has 1 N–H and O–H groups in total. The summed E-state index contributed by atoms with van der Waals surface area (Å²) in [6.45, 7) is 6.39. The summed E-state index contributed by atoms with van der Waals surface area (Å²) in [5, 5.41) is 2.72. The first-order valence-electron chi connectivity index (χ1n) is 6.13. The third kappa shape index (κ3) is 10.5. The second kappa shape index (κ2) is 13.0. The van der Waals surface area contributed by atoms with Crippen LogP contribution < -0.4 is 5.09 Å². The van der Waals surface area contributed by atoms with Crippen LogP contribution in [0.2, 0.25) is 0 Å². The zero-order chi connectivity index (χ0) is 12.1. The Hall–Kier alpha value is -0.0200. The first kappa shape index (κ1) is 16.0. The van der Waals surface area contributed by atoms with Gasteiger partial charge in [-0.05, 0) is 12.8 Å². The Balaban J connectivity index is 3.62. The molecule has 5 heteroatoms. The van der Waals surface area contributed by atoms with Gasteiger partial charge in [-0.15, -0.1) is 0 Å². The maximum Gasteiger partial charge on any atom is 0.245 e. The predicted molar refractivity (Wildman–Crippen MR) is 65.7 cm³/mol. The van der Waals surface area contributed by atoms with Crippen LogP contribution in [0.1, 0.15) is 46.0 Å². The van der Waals surface area contributed by atoms with Gasteiger partial charge in [0.1, 0.15) is 0 Å². The van der Waals surface area contributed by atoms with Gasteiger partial charge in [0.25, 0.3) is 0 Å². The van der Waals surface area contributed by atoms with Crippen LogP contribution in [0, 0.1) is 0 Å². The van der Waals surface area contributed by atoms with Crippen LogP contribution in [0.4, 0.5) is 0 Å². The van der Waals surface area contributed by atoms with Crippen molar-refractivity contribution in [3.8, 4) is 0 Å². The fraction of sp³-hybridized carbons (Fsp3) is 1.00. The highest BCUT2D eigenvalue weighted by Gasteiger charge is 2.08. The monoisotopic (exact) mass is 249 g/mol. The van der Waals surface area contributed by atoms with Gasteiger partial charge in [-0.25, -0.2) is 5.09 Å². The second-order valence-electron chi connectivity index (χ2n) is 3.67. The average Bonchev–Trinajstić information content (AvgIpc) is 2.29. The minimum atomic E-state index is -0.160. The predicted octanol–water partition coefficient (Wildman–Crippen LogP) is 3.13. The summed E-state index contributed by atoms with van der Waals surface area (Å²) in [4.78, 5) is 0. The maximum absolute atomic E-state index is 10.2. The number of hydrogen-bond donors (Lipinski definition) is 1. The standard InChI is InChI=1S/C11H24NO3P/c1-3-5-9-14-11(7-8-12-16-13)15-10-6-4-2/h11H,3-10H2,1-2H3,(H,12,13). The third-order valence-electron chi connectivity index (χ3n) is 2.16. The number of unbranched alkanes of at least 4 members (excludes halogenated alkanes) is 2. The highest BCUT2D eigenvalue weighted by atomic mass is 31.1. The molecule has 0 unspecified atom stereocenters. The summed E-state index contributed by atoms with van der Waals surface area (Å²) >= 11 is 0. The molecule has 0 aliphatic carbocycles. The lowest BCUT2D eigenvalue weighted by molar-refractivity contribution is -0.145. The number of rotatable bonds is 12. The van der Waals surface area contributed by atoms with Gasteiger partial charge < -0.3 is 9.47 Å². The average molecular weight is 249 g/mol. The Morgan fingerprint density at radius 2 is 1.69 bits per heavy atom. The molecule has 16 heavy (non-hydrogen) atoms. The van der Waals surface area contributed by atoms with Crippen molar-refractivity contribution in [3.63, 3.8) is 0 Å². The highest BCUT2D eigenvalue weighted by molar-refractivity contribution is 7.21. The smallest absolute Gasteiger partial charge is 0.245 e. The molecule has 4 nitrogen and oxygen atoms in total. The Kier molecular flexibility index (Phi) is 13.0. The van der Waals surface area contributed by atoms with Crippen LogP contribution in [-0.4, -0.2) is 26.0 Å². The Morgan fingerprint density at radius 1 is 1.12 bits per heavy atom. The van der Waals surface area contributed by atoms with Crippen LogP contribution in [0.25, 0.3) is 0 Å². The van der Waals surface area contributed by atoms with Crippen molar-refractivity contribution in [2.75, 3.05) is 19.8 Å². The van der Waals surface area contributed by atoms with E-state index in [-0.39, 0.29) is 14.9 Å². The first-order valence-corrected chi connectivity index (χ1v) is 6.94. The van der Waals surface area contributed by atoms with Gasteiger partial charge in [-0.1, -0.05) is 26.7 Å². The Bertz CT molecular complexity index is 148. The van der Waals surface area contributed by atoms with Crippen molar-refractivity contribution in [3.05, 3.63) is 0 Å². The summed E-state index contributed by atoms with van der Waals surface area (Å²) in [6, 6.07) is 0. The van der Waals surface area contributed by atoms with Crippen LogP contribution in [0.5, 0.6) is 0 Å². The van der Waals surface area contributed by atoms with E-state index in [4.69, 9.17) is 9.47 Å². The molecule has 0 bridgehead atoms. The number of ether oxygens (including phenoxy) is 2. The summed E-state index contributed by atoms with van der Waals surface area (Å²) in [6.07, 6.45) is 4.94. The SMILES string of the molecule is CCCCOC(CCNP=O)OCCCC. The zero-order valence-corrected chi connectivity index (χ0v) is 11.3. The molecule has 0 saturated carbocycles. The summed E-state index contributed by atoms with van der Waals surface area (Å²) in [5.74, 6) is 0. The molecule has 0 amide bonds. The molecule has 0 aromatic rings. The van der Waals surface area contributed by atoms with Crippen molar-refractivity contribution >= 4 is 8.61 Å². The third-order valence-corrected chi connectivity index (χ3v) is 2.51. The van der Waals surface area contributed by atoms with E-state index >= 15 is 0 Å². The van der Waals surface area contributed by atoms with Crippen molar-refractivity contribution < 1.29 is 14.0 Å². The minimum absolute atomic E-state index is 0.0299. The Labute approximate surface area is 100 Å². The Morgan fingerprint density at radius 3 is 2.12 bits per heavy atom. The first-order chi connectivity index (χ1) is 7.85. The largest absolute Gasteiger partial charge is 0.353 e. The van der Waals surface area contributed by atoms with E-state index in [9.17, 15) is 4.57 Å². The van der Waals surface area contributed by atoms with Gasteiger partial charge in [0.05, 0.1) is 0 Å². The van der Waals surface area contributed by atoms with Crippen LogP contribution in [-0.2, 0) is 14.0 Å². The van der Waals surface area contributed by atoms with Crippen molar-refractivity contribution in [2.45, 2.75) is 52.2 Å². The van der Waals surface area contributed by atoms with E-state index in [0.717, 1.165) is 45.3 Å².